The highest BCUT2D eigenvalue weighted by Gasteiger charge is 2.13. The Morgan fingerprint density at radius 2 is 1.24 bits per heavy atom. The van der Waals surface area contributed by atoms with Crippen LogP contribution in [-0.2, 0) is 0 Å². The summed E-state index contributed by atoms with van der Waals surface area (Å²) in [6.07, 6.45) is 6.22. The lowest BCUT2D eigenvalue weighted by molar-refractivity contribution is 0.296. The number of nitrogens with zero attached hydrogens (tertiary/aromatic N) is 6. The lowest BCUT2D eigenvalue weighted by Crippen LogP contribution is -2.25. The molecule has 6 nitrogen and oxygen atoms in total. The van der Waals surface area contributed by atoms with E-state index < -0.39 is 0 Å². The molecule has 2 aromatic carbocycles. The highest BCUT2D eigenvalue weighted by atomic mass is 32.1. The molecule has 192 valence electrons. The van der Waals surface area contributed by atoms with E-state index in [0.29, 0.717) is 0 Å². The molecular formula is C30H36N6S. The van der Waals surface area contributed by atoms with Crippen molar-refractivity contribution in [1.29, 1.82) is 0 Å². The van der Waals surface area contributed by atoms with Gasteiger partial charge >= 0.3 is 0 Å². The molecule has 37 heavy (non-hydrogen) atoms. The van der Waals surface area contributed by atoms with Gasteiger partial charge < -0.3 is 0 Å². The van der Waals surface area contributed by atoms with E-state index in [9.17, 15) is 0 Å². The summed E-state index contributed by atoms with van der Waals surface area (Å²) in [5.74, 6) is 0.732. The number of benzene rings is 2. The van der Waals surface area contributed by atoms with Crippen molar-refractivity contribution >= 4 is 34.0 Å². The standard InChI is InChI=1S/C30H36N6S/c1-7-26(35(3)4)31-19-21-9-13-23(14-10-21)28-25-17-18-37-30(25)34-29(33-28)24-15-11-22(12-16-24)20-32-27(8-2)36(5)6/h9-20,26-27H,7-8H2,1-6H3/b31-19+,32-20+. The van der Waals surface area contributed by atoms with E-state index in [-0.39, 0.29) is 12.3 Å². The molecule has 2 atom stereocenters. The summed E-state index contributed by atoms with van der Waals surface area (Å²) in [6.45, 7) is 4.30. The lowest BCUT2D eigenvalue weighted by Gasteiger charge is -2.17. The minimum atomic E-state index is 0.186. The first-order valence-corrected chi connectivity index (χ1v) is 13.6. The van der Waals surface area contributed by atoms with E-state index in [1.54, 1.807) is 11.3 Å². The number of rotatable bonds is 10. The second kappa shape index (κ2) is 12.3. The van der Waals surface area contributed by atoms with Crippen LogP contribution in [0.2, 0.25) is 0 Å². The van der Waals surface area contributed by atoms with Crippen LogP contribution in [0, 0.1) is 0 Å². The Hall–Kier alpha value is -3.26. The third-order valence-corrected chi connectivity index (χ3v) is 7.20. The van der Waals surface area contributed by atoms with E-state index >= 15 is 0 Å². The minimum absolute atomic E-state index is 0.186. The van der Waals surface area contributed by atoms with Crippen molar-refractivity contribution in [2.75, 3.05) is 28.2 Å². The molecule has 0 fully saturated rings. The number of aliphatic imine (C=N–C) groups is 2. The fourth-order valence-corrected chi connectivity index (χ4v) is 4.97. The molecule has 2 heterocycles. The van der Waals surface area contributed by atoms with Gasteiger partial charge in [-0.1, -0.05) is 62.4 Å². The van der Waals surface area contributed by atoms with Gasteiger partial charge in [0.2, 0.25) is 0 Å². The van der Waals surface area contributed by atoms with Gasteiger partial charge in [-0.15, -0.1) is 11.3 Å². The molecular weight excluding hydrogens is 476 g/mol. The molecule has 0 amide bonds. The van der Waals surface area contributed by atoms with Crippen LogP contribution in [0.5, 0.6) is 0 Å². The Kier molecular flexibility index (Phi) is 8.92. The summed E-state index contributed by atoms with van der Waals surface area (Å²) in [5.41, 5.74) is 5.16. The highest BCUT2D eigenvalue weighted by Crippen LogP contribution is 2.32. The van der Waals surface area contributed by atoms with Crippen LogP contribution in [0.25, 0.3) is 32.9 Å². The SMILES string of the molecule is CCC(/N=C/c1ccc(-c2nc(-c3ccc(/C=N/C(CC)N(C)C)cc3)c3ccsc3n2)cc1)N(C)C. The molecule has 0 bridgehead atoms. The summed E-state index contributed by atoms with van der Waals surface area (Å²) in [4.78, 5) is 24.5. The molecule has 7 heteroatoms. The Morgan fingerprint density at radius 1 is 0.730 bits per heavy atom. The molecule has 2 aromatic heterocycles. The number of thiophene rings is 1. The van der Waals surface area contributed by atoms with E-state index in [0.717, 1.165) is 56.8 Å². The Balaban J connectivity index is 1.61. The van der Waals surface area contributed by atoms with Crippen LogP contribution in [0.4, 0.5) is 0 Å². The second-order valence-electron chi connectivity index (χ2n) is 9.54. The average Bonchev–Trinajstić information content (AvgIpc) is 3.38. The van der Waals surface area contributed by atoms with Crippen molar-refractivity contribution in [3.63, 3.8) is 0 Å². The topological polar surface area (TPSA) is 57.0 Å². The van der Waals surface area contributed by atoms with Crippen LogP contribution < -0.4 is 0 Å². The predicted molar refractivity (Wildman–Crippen MR) is 159 cm³/mol. The van der Waals surface area contributed by atoms with Crippen LogP contribution in [-0.4, -0.2) is 72.7 Å². The molecule has 0 saturated carbocycles. The molecule has 0 saturated heterocycles. The van der Waals surface area contributed by atoms with Gasteiger partial charge in [0.1, 0.15) is 17.2 Å². The zero-order chi connectivity index (χ0) is 26.4. The molecule has 0 aliphatic rings. The van der Waals surface area contributed by atoms with Gasteiger partial charge in [0.15, 0.2) is 5.82 Å². The van der Waals surface area contributed by atoms with Crippen molar-refractivity contribution in [1.82, 2.24) is 19.8 Å². The van der Waals surface area contributed by atoms with Gasteiger partial charge in [0.25, 0.3) is 0 Å². The first kappa shape index (κ1) is 26.8. The number of aromatic nitrogens is 2. The van der Waals surface area contributed by atoms with E-state index in [1.165, 1.54) is 0 Å². The van der Waals surface area contributed by atoms with E-state index in [4.69, 9.17) is 20.0 Å². The van der Waals surface area contributed by atoms with Crippen molar-refractivity contribution in [2.24, 2.45) is 9.98 Å². The first-order valence-electron chi connectivity index (χ1n) is 12.7. The van der Waals surface area contributed by atoms with Crippen LogP contribution in [0.15, 0.2) is 70.0 Å². The summed E-state index contributed by atoms with van der Waals surface area (Å²) in [5, 5.41) is 3.15. The van der Waals surface area contributed by atoms with Gasteiger partial charge in [0, 0.05) is 28.9 Å². The van der Waals surface area contributed by atoms with E-state index in [1.807, 2.05) is 12.4 Å². The maximum absolute atomic E-state index is 5.01. The molecule has 0 spiro atoms. The Morgan fingerprint density at radius 3 is 1.73 bits per heavy atom. The second-order valence-corrected chi connectivity index (χ2v) is 10.4. The smallest absolute Gasteiger partial charge is 0.161 e. The quantitative estimate of drug-likeness (QED) is 0.229. The summed E-state index contributed by atoms with van der Waals surface area (Å²) < 4.78 is 0. The van der Waals surface area contributed by atoms with Gasteiger partial charge in [0.05, 0.1) is 5.69 Å². The zero-order valence-corrected chi connectivity index (χ0v) is 23.4. The van der Waals surface area contributed by atoms with Crippen molar-refractivity contribution in [2.45, 2.75) is 39.0 Å². The van der Waals surface area contributed by atoms with Crippen LogP contribution in [0.3, 0.4) is 0 Å². The number of fused-ring (bicyclic) bond motifs is 1. The third kappa shape index (κ3) is 6.55. The zero-order valence-electron chi connectivity index (χ0n) is 22.6. The largest absolute Gasteiger partial charge is 0.288 e. The molecule has 2 unspecified atom stereocenters. The maximum Gasteiger partial charge on any atom is 0.161 e. The number of hydrogen-bond donors (Lipinski definition) is 0. The summed E-state index contributed by atoms with van der Waals surface area (Å²) in [7, 11) is 8.22. The molecule has 4 aromatic rings. The van der Waals surface area contributed by atoms with Crippen molar-refractivity contribution < 1.29 is 0 Å². The highest BCUT2D eigenvalue weighted by molar-refractivity contribution is 7.16. The lowest BCUT2D eigenvalue weighted by atomic mass is 10.1. The summed E-state index contributed by atoms with van der Waals surface area (Å²) in [6, 6.07) is 18.9. The fourth-order valence-electron chi connectivity index (χ4n) is 4.20. The molecule has 0 aliphatic heterocycles. The van der Waals surface area contributed by atoms with Gasteiger partial charge in [-0.05, 0) is 63.6 Å². The van der Waals surface area contributed by atoms with E-state index in [2.05, 4.69) is 112 Å². The first-order chi connectivity index (χ1) is 17.9. The average molecular weight is 513 g/mol. The van der Waals surface area contributed by atoms with Gasteiger partial charge in [-0.2, -0.15) is 0 Å². The maximum atomic E-state index is 5.01. The monoisotopic (exact) mass is 512 g/mol. The Labute approximate surface area is 224 Å². The molecule has 0 N–H and O–H groups in total. The predicted octanol–water partition coefficient (Wildman–Crippen LogP) is 6.46. The molecule has 0 aliphatic carbocycles. The normalized spacial score (nSPS) is 13.9. The third-order valence-electron chi connectivity index (χ3n) is 6.39. The molecule has 0 radical (unpaired) electrons. The van der Waals surface area contributed by atoms with Crippen molar-refractivity contribution in [3.8, 4) is 22.6 Å². The van der Waals surface area contributed by atoms with Gasteiger partial charge in [-0.3, -0.25) is 19.8 Å². The van der Waals surface area contributed by atoms with Gasteiger partial charge in [-0.25, -0.2) is 9.97 Å². The van der Waals surface area contributed by atoms with Crippen LogP contribution >= 0.6 is 11.3 Å². The Bertz CT molecular complexity index is 1350. The minimum Gasteiger partial charge on any atom is -0.288 e. The molecule has 4 rings (SSSR count). The van der Waals surface area contributed by atoms with Crippen molar-refractivity contribution in [3.05, 3.63) is 71.1 Å². The fraction of sp³-hybridized carbons (Fsp3) is 0.333. The van der Waals surface area contributed by atoms with Crippen LogP contribution in [0.1, 0.15) is 37.8 Å². The number of hydrogen-bond acceptors (Lipinski definition) is 7. The summed E-state index contributed by atoms with van der Waals surface area (Å²) >= 11 is 1.64.